The van der Waals surface area contributed by atoms with Crippen molar-refractivity contribution in [2.24, 2.45) is 0 Å². The molecule has 0 unspecified atom stereocenters. The number of nitrogens with one attached hydrogen (secondary N) is 1. The summed E-state index contributed by atoms with van der Waals surface area (Å²) in [5.41, 5.74) is 6.29. The van der Waals surface area contributed by atoms with Crippen LogP contribution in [0.5, 0.6) is 0 Å². The lowest BCUT2D eigenvalue weighted by molar-refractivity contribution is -0.383. The number of hydrogen-bond donors (Lipinski definition) is 2. The van der Waals surface area contributed by atoms with Crippen molar-refractivity contribution in [3.8, 4) is 0 Å². The van der Waals surface area contributed by atoms with Gasteiger partial charge in [0, 0.05) is 102 Å². The van der Waals surface area contributed by atoms with Gasteiger partial charge >= 0.3 is 0 Å². The van der Waals surface area contributed by atoms with Crippen molar-refractivity contribution >= 4 is 119 Å². The Morgan fingerprint density at radius 1 is 0.453 bits per heavy atom. The first-order valence-electron chi connectivity index (χ1n) is 22.1. The summed E-state index contributed by atoms with van der Waals surface area (Å²) in [5, 5.41) is 23.1. The largest absolute Gasteiger partial charge is 0.279 e. The lowest BCUT2D eigenvalue weighted by atomic mass is 9.93. The van der Waals surface area contributed by atoms with Crippen LogP contribution in [-0.2, 0) is 14.6 Å². The Bertz CT molecular complexity index is 3680. The van der Waals surface area contributed by atoms with E-state index in [2.05, 4.69) is 26.4 Å². The number of nitrogens with zero attached hydrogens (tertiary/aromatic N) is 6. The van der Waals surface area contributed by atoms with Crippen molar-refractivity contribution in [3.05, 3.63) is 187 Å². The molecule has 7 aromatic rings. The van der Waals surface area contributed by atoms with Crippen LogP contribution >= 0.6 is 15.9 Å². The molecule has 10 amide bonds. The SMILES string of the molecule is CN1C(=O)C=CC1=O.CN1C(=O)c2cccc3c(Br)ccc(c23)C1=O.CN1C(=O)c2cccc3c([N+](=O)[O-])ccc(c23)C1=O.CN1C(=O)c2cccc3cc(NOO)cc(c23)C1=O.CN1C(=O)c2ccccc2C1=O. The van der Waals surface area contributed by atoms with Gasteiger partial charge in [0.2, 0.25) is 0 Å². The first-order valence-corrected chi connectivity index (χ1v) is 22.9. The van der Waals surface area contributed by atoms with E-state index in [1.165, 1.54) is 65.6 Å². The second kappa shape index (κ2) is 20.5. The van der Waals surface area contributed by atoms with E-state index >= 15 is 0 Å². The summed E-state index contributed by atoms with van der Waals surface area (Å²) in [7, 11) is 7.28. The zero-order valence-electron chi connectivity index (χ0n) is 39.9. The van der Waals surface area contributed by atoms with Gasteiger partial charge in [0.05, 0.1) is 32.7 Å². The number of carbonyl (C=O) groups excluding carboxylic acids is 10. The normalized spacial score (nSPS) is 14.8. The average molecular weight is 1080 g/mol. The van der Waals surface area contributed by atoms with Crippen molar-refractivity contribution in [3.63, 3.8) is 0 Å². The average Bonchev–Trinajstić information content (AvgIpc) is 3.84. The van der Waals surface area contributed by atoms with Crippen LogP contribution in [0.3, 0.4) is 0 Å². The summed E-state index contributed by atoms with van der Waals surface area (Å²) in [6, 6.07) is 31.7. The van der Waals surface area contributed by atoms with Gasteiger partial charge in [-0.15, -0.1) is 4.99 Å². The molecule has 7 aromatic carbocycles. The second-order valence-electron chi connectivity index (χ2n) is 16.9. The lowest BCUT2D eigenvalue weighted by Crippen LogP contribution is -2.36. The van der Waals surface area contributed by atoms with Gasteiger partial charge in [-0.25, -0.2) is 10.7 Å². The third-order valence-corrected chi connectivity index (χ3v) is 13.3. The van der Waals surface area contributed by atoms with Crippen molar-refractivity contribution in [1.29, 1.82) is 0 Å². The molecule has 0 spiro atoms. The summed E-state index contributed by atoms with van der Waals surface area (Å²) in [6.45, 7) is 0. The number of nitro benzene ring substituents is 1. The van der Waals surface area contributed by atoms with Crippen LogP contribution in [-0.4, -0.2) is 129 Å². The number of likely N-dealkylation sites (N-methyl/N-ethyl adjacent to an activating group) is 1. The third-order valence-electron chi connectivity index (χ3n) is 12.6. The number of imide groups is 5. The predicted molar refractivity (Wildman–Crippen MR) is 273 cm³/mol. The third kappa shape index (κ3) is 9.15. The van der Waals surface area contributed by atoms with Gasteiger partial charge in [-0.2, -0.15) is 0 Å². The van der Waals surface area contributed by atoms with E-state index in [1.807, 2.05) is 18.2 Å². The Kier molecular flexibility index (Phi) is 14.1. The molecular weight excluding hydrogens is 1040 g/mol. The number of halogens is 1. The van der Waals surface area contributed by atoms with Crippen molar-refractivity contribution in [1.82, 2.24) is 24.5 Å². The predicted octanol–water partition coefficient (Wildman–Crippen LogP) is 7.14. The number of nitro groups is 1. The summed E-state index contributed by atoms with van der Waals surface area (Å²) in [5.74, 6) is -2.97. The van der Waals surface area contributed by atoms with Gasteiger partial charge in [-0.05, 0) is 77.5 Å². The number of non-ortho nitro benzene ring substituents is 1. The van der Waals surface area contributed by atoms with Gasteiger partial charge in [0.1, 0.15) is 0 Å². The molecule has 5 aliphatic heterocycles. The highest BCUT2D eigenvalue weighted by atomic mass is 79.9. The van der Waals surface area contributed by atoms with E-state index in [0.29, 0.717) is 66.4 Å². The van der Waals surface area contributed by atoms with Crippen LogP contribution in [0.1, 0.15) is 82.9 Å². The number of rotatable bonds is 3. The van der Waals surface area contributed by atoms with Gasteiger partial charge in [-0.1, -0.05) is 58.4 Å². The van der Waals surface area contributed by atoms with Crippen LogP contribution in [0.4, 0.5) is 11.4 Å². The molecular formula is C53H38BrN7O14. The summed E-state index contributed by atoms with van der Waals surface area (Å²) in [6.07, 6.45) is 2.50. The molecule has 0 saturated carbocycles. The molecule has 376 valence electrons. The molecule has 0 aliphatic carbocycles. The van der Waals surface area contributed by atoms with E-state index in [4.69, 9.17) is 5.26 Å². The van der Waals surface area contributed by atoms with Gasteiger partial charge in [0.25, 0.3) is 64.8 Å². The minimum atomic E-state index is -0.518. The maximum absolute atomic E-state index is 12.1. The van der Waals surface area contributed by atoms with E-state index in [-0.39, 0.29) is 52.9 Å². The molecule has 0 aromatic heterocycles. The summed E-state index contributed by atoms with van der Waals surface area (Å²) >= 11 is 3.44. The smallest absolute Gasteiger partial charge is 0.277 e. The molecule has 0 saturated heterocycles. The molecule has 5 heterocycles. The molecule has 0 fully saturated rings. The van der Waals surface area contributed by atoms with Crippen LogP contribution in [0.2, 0.25) is 0 Å². The van der Waals surface area contributed by atoms with E-state index in [9.17, 15) is 58.1 Å². The monoisotopic (exact) mass is 1080 g/mol. The van der Waals surface area contributed by atoms with E-state index in [0.717, 1.165) is 45.1 Å². The molecule has 2 N–H and O–H groups in total. The van der Waals surface area contributed by atoms with Gasteiger partial charge in [0.15, 0.2) is 0 Å². The maximum Gasteiger partial charge on any atom is 0.277 e. The van der Waals surface area contributed by atoms with Gasteiger partial charge < -0.3 is 0 Å². The fourth-order valence-corrected chi connectivity index (χ4v) is 9.13. The standard InChI is InChI=1S/C13H8BrNO2.C13H10N2O4.C13H8N2O4.C9H7NO2.C5H5NO2/c1-15-12(16)8-4-2-3-7-10(14)6-5-9(11(7)8)13(15)17;1-15-12(16)9-4-2-3-7-5-8(14-19-18)6-10(11(7)9)13(15)17;1-14-12(16)8-4-2-3-7-10(15(18)19)6-5-9(11(7)8)13(14)17;1-10-8(11)6-4-2-3-5-7(6)9(10)12;1-6-4(7)2-3-5(6)8/h2-6H,1H3;2-6,14,18H,1H3;2-6H,1H3;2-5H,1H3;2-3H,1H3. The first-order chi connectivity index (χ1) is 35.7. The molecule has 0 bridgehead atoms. The number of fused-ring (bicyclic) bond motifs is 1. The van der Waals surface area contributed by atoms with Crippen LogP contribution < -0.4 is 5.48 Å². The van der Waals surface area contributed by atoms with Crippen molar-refractivity contribution in [2.45, 2.75) is 0 Å². The molecule has 5 aliphatic rings. The summed E-state index contributed by atoms with van der Waals surface area (Å²) in [4.78, 5) is 135. The molecule has 0 radical (unpaired) electrons. The van der Waals surface area contributed by atoms with Crippen LogP contribution in [0.25, 0.3) is 32.3 Å². The highest BCUT2D eigenvalue weighted by Gasteiger charge is 2.35. The van der Waals surface area contributed by atoms with Gasteiger partial charge in [-0.3, -0.25) is 82.6 Å². The topological polar surface area (TPSA) is 272 Å². The van der Waals surface area contributed by atoms with Crippen LogP contribution in [0, 0.1) is 10.1 Å². The Labute approximate surface area is 431 Å². The van der Waals surface area contributed by atoms with Crippen molar-refractivity contribution < 1.29 is 63.1 Å². The molecule has 12 rings (SSSR count). The number of amides is 10. The minimum Gasteiger partial charge on any atom is -0.279 e. The highest BCUT2D eigenvalue weighted by Crippen LogP contribution is 2.36. The number of carbonyl (C=O) groups is 10. The van der Waals surface area contributed by atoms with E-state index < -0.39 is 16.7 Å². The molecule has 75 heavy (non-hydrogen) atoms. The Balaban J connectivity index is 0.000000128. The van der Waals surface area contributed by atoms with E-state index in [1.54, 1.807) is 78.9 Å². The lowest BCUT2D eigenvalue weighted by Gasteiger charge is -2.24. The Hall–Kier alpha value is -9.64. The fourth-order valence-electron chi connectivity index (χ4n) is 8.67. The first kappa shape index (κ1) is 51.7. The quantitative estimate of drug-likeness (QED) is 0.0770. The fraction of sp³-hybridized carbons (Fsp3) is 0.0943. The number of benzene rings is 7. The highest BCUT2D eigenvalue weighted by molar-refractivity contribution is 9.10. The van der Waals surface area contributed by atoms with Crippen molar-refractivity contribution in [2.75, 3.05) is 40.7 Å². The Morgan fingerprint density at radius 2 is 0.840 bits per heavy atom. The summed E-state index contributed by atoms with van der Waals surface area (Å²) < 4.78 is 0.892. The van der Waals surface area contributed by atoms with Crippen LogP contribution in [0.15, 0.2) is 132 Å². The molecule has 0 atom stereocenters. The zero-order chi connectivity index (χ0) is 54.3. The molecule has 22 heteroatoms. The number of hydrogen-bond acceptors (Lipinski definition) is 15. The second-order valence-corrected chi connectivity index (χ2v) is 17.7. The maximum atomic E-state index is 12.1. The Morgan fingerprint density at radius 3 is 1.29 bits per heavy atom. The molecule has 21 nitrogen and oxygen atoms in total. The number of anilines is 1. The zero-order valence-corrected chi connectivity index (χ0v) is 41.5. The minimum absolute atomic E-state index is 0.106.